The van der Waals surface area contributed by atoms with E-state index in [2.05, 4.69) is 144 Å². The number of nitrogens with two attached hydrogens (primary N) is 2. The van der Waals surface area contributed by atoms with Gasteiger partial charge in [-0.25, -0.2) is 66.2 Å². The van der Waals surface area contributed by atoms with Gasteiger partial charge in [0.1, 0.15) is 48.5 Å². The molecule has 2 amide bonds. The van der Waals surface area contributed by atoms with E-state index < -0.39 is 96.5 Å². The minimum absolute atomic E-state index is 0.0411. The molecule has 0 aliphatic carbocycles. The summed E-state index contributed by atoms with van der Waals surface area (Å²) in [4.78, 5) is 99.9. The van der Waals surface area contributed by atoms with Gasteiger partial charge in [0.25, 0.3) is 55.9 Å². The van der Waals surface area contributed by atoms with Gasteiger partial charge in [-0.2, -0.15) is 0 Å². The smallest absolute Gasteiger partial charge is 0.399 e. The Bertz CT molecular complexity index is 7910. The number of aromatic nitrogens is 10. The Hall–Kier alpha value is -11.4. The molecule has 0 saturated carbocycles. The average molecular weight is 2530 g/mol. The molecule has 778 valence electrons. The number of benzene rings is 6. The van der Waals surface area contributed by atoms with Crippen molar-refractivity contribution in [3.05, 3.63) is 331 Å². The zero-order valence-electron chi connectivity index (χ0n) is 78.9. The summed E-state index contributed by atoms with van der Waals surface area (Å²) < 4.78 is 175. The Labute approximate surface area is 906 Å². The molecule has 9 N–H and O–H groups in total. The molecule has 14 aromatic rings. The van der Waals surface area contributed by atoms with Gasteiger partial charge < -0.3 is 31.4 Å². The maximum atomic E-state index is 13.4. The molecule has 1 saturated heterocycles. The number of nitrogens with one attached hydrogen (secondary N) is 5. The summed E-state index contributed by atoms with van der Waals surface area (Å²) in [5.74, 6) is -3.56. The Balaban J connectivity index is 0.000000214. The number of amides is 2. The maximum Gasteiger partial charge on any atom is 0.496 e. The second-order valence-corrected chi connectivity index (χ2v) is 45.9. The highest BCUT2D eigenvalue weighted by Crippen LogP contribution is 2.39. The monoisotopic (exact) mass is 2520 g/mol. The van der Waals surface area contributed by atoms with Crippen LogP contribution in [0.3, 0.4) is 0 Å². The summed E-state index contributed by atoms with van der Waals surface area (Å²) in [6.45, 7) is 20.1. The van der Waals surface area contributed by atoms with Crippen molar-refractivity contribution in [1.82, 2.24) is 59.6 Å². The number of fused-ring (bicyclic) bond motifs is 2. The van der Waals surface area contributed by atoms with Crippen LogP contribution in [-0.2, 0) is 71.1 Å². The normalized spacial score (nSPS) is 12.7. The lowest BCUT2D eigenvalue weighted by Gasteiger charge is -2.32. The number of hydrogen-bond acceptors (Lipinski definition) is 28. The number of nitrogens with zero attached hydrogens (tertiary/aromatic N) is 12. The van der Waals surface area contributed by atoms with Crippen LogP contribution >= 0.6 is 137 Å². The van der Waals surface area contributed by atoms with Crippen LogP contribution < -0.4 is 52.8 Å². The average Bonchev–Trinajstić information content (AvgIpc) is 1.51. The molecule has 15 rings (SSSR count). The molecule has 0 spiro atoms. The molecule has 8 aromatic heterocycles. The van der Waals surface area contributed by atoms with E-state index in [0.29, 0.717) is 86.8 Å². The summed E-state index contributed by atoms with van der Waals surface area (Å²) in [7, 11) is -8.55. The van der Waals surface area contributed by atoms with Crippen LogP contribution in [0, 0.1) is 90.0 Å². The van der Waals surface area contributed by atoms with Crippen LogP contribution in [0.1, 0.15) is 70.0 Å². The highest BCUT2D eigenvalue weighted by molar-refractivity contribution is 9.11. The van der Waals surface area contributed by atoms with Gasteiger partial charge in [-0.05, 0) is 259 Å². The lowest BCUT2D eigenvalue weighted by Crippen LogP contribution is -2.41. The maximum absolute atomic E-state index is 13.4. The first-order chi connectivity index (χ1) is 68.5. The highest BCUT2D eigenvalue weighted by Gasteiger charge is 2.52. The van der Waals surface area contributed by atoms with Crippen molar-refractivity contribution >= 4 is 262 Å². The van der Waals surface area contributed by atoms with Gasteiger partial charge >= 0.3 is 12.8 Å². The molecular formula is C91H86BBr5Cl5F4N19O18S4. The van der Waals surface area contributed by atoms with Crippen LogP contribution in [-0.4, -0.2) is 137 Å². The van der Waals surface area contributed by atoms with Crippen LogP contribution in [0.5, 0.6) is 0 Å². The number of carbonyl (C=O) groups is 2. The number of pyridine rings is 6. The fourth-order valence-corrected chi connectivity index (χ4v) is 20.4. The van der Waals surface area contributed by atoms with E-state index >= 15 is 0 Å². The van der Waals surface area contributed by atoms with Crippen molar-refractivity contribution in [3.8, 4) is 11.1 Å². The van der Waals surface area contributed by atoms with Gasteiger partial charge in [0.05, 0.1) is 133 Å². The molecular weight excluding hydrogens is 2440 g/mol. The molecule has 0 bridgehead atoms. The number of rotatable bonds is 20. The number of sulfonamides is 3. The molecule has 2 atom stereocenters. The van der Waals surface area contributed by atoms with Crippen LogP contribution in [0.25, 0.3) is 32.9 Å². The number of anilines is 5. The summed E-state index contributed by atoms with van der Waals surface area (Å²) >= 11 is 39.0. The van der Waals surface area contributed by atoms with Gasteiger partial charge in [-0.1, -0.05) is 82.2 Å². The van der Waals surface area contributed by atoms with E-state index in [1.54, 1.807) is 122 Å². The molecule has 6 aromatic carbocycles. The van der Waals surface area contributed by atoms with Crippen molar-refractivity contribution in [1.29, 1.82) is 0 Å². The third-order valence-corrected chi connectivity index (χ3v) is 30.4. The lowest BCUT2D eigenvalue weighted by atomic mass is 9.80. The number of carbonyl (C=O) groups excluding carboxylic acids is 2. The molecule has 1 aliphatic rings. The second-order valence-electron chi connectivity index (χ2n) is 32.2. The SMILES string of the molecule is CNC(=O)C(C)Cn1cnc2ccc(-c3cnc(C)c(NS(=O)(=O)c4ccc(F)cc4Cl)c3)cc2c1=O.CNC(=O)C(C)Cn1cnc2ccc(Br)cc2c1=O.Cc1ncc(B2OC(C)(C)C(C)(C)O2)cc1NS(=O)(=O)c1ccc(F)cc1Cl.Cc1ncc(Br)cc1N.Cc1ncc(Br)cc1NS(=O)(=O)c1ccc(F)cc1Cl.Cc1ncc(Br)cc1[N+](=O)[O-].Nc1ncc(Br)cc1[N+](=O)[O-].O=S(=O)(Cl)c1ccc(F)cc1Cl. The van der Waals surface area contributed by atoms with Crippen molar-refractivity contribution < 1.29 is 80.0 Å². The minimum atomic E-state index is -4.13. The summed E-state index contributed by atoms with van der Waals surface area (Å²) in [5, 5.41) is 25.7. The van der Waals surface area contributed by atoms with Gasteiger partial charge in [-0.3, -0.25) is 87.6 Å². The Kier molecular flexibility index (Phi) is 42.9. The molecule has 1 fully saturated rings. The molecule has 9 heterocycles. The lowest BCUT2D eigenvalue weighted by molar-refractivity contribution is -0.385. The Morgan fingerprint density at radius 3 is 1.18 bits per heavy atom. The number of aryl methyl sites for hydroxylation is 5. The zero-order chi connectivity index (χ0) is 110. The largest absolute Gasteiger partial charge is 0.496 e. The highest BCUT2D eigenvalue weighted by atomic mass is 79.9. The molecule has 1 aliphatic heterocycles. The van der Waals surface area contributed by atoms with Crippen LogP contribution in [0.15, 0.2) is 247 Å². The van der Waals surface area contributed by atoms with Gasteiger partial charge in [0.2, 0.25) is 17.6 Å². The van der Waals surface area contributed by atoms with E-state index in [1.165, 1.54) is 53.4 Å². The molecule has 2 unspecified atom stereocenters. The van der Waals surface area contributed by atoms with Crippen molar-refractivity contribution in [2.45, 2.75) is 120 Å². The quantitative estimate of drug-likeness (QED) is 0.0122. The molecule has 0 radical (unpaired) electrons. The predicted octanol–water partition coefficient (Wildman–Crippen LogP) is 19.8. The standard InChI is InChI=1S/C25H23ClFN5O4S.C18H21BClFN2O4S.C13H14BrN3O2.C12H9BrClFN2O2S.C6H5BrN2O2.C6H7BrN2.C6H3Cl2FO2S.C5H4BrN3O2/c1-14(24(33)28-3)12-32-13-30-21-6-4-16(8-19(21)25(32)34)17-9-22(15(2)29-11-17)31-37(35,36)23-7-5-18(27)10-20(23)26;1-11-15(23-28(24,25)16-7-6-13(21)9-14(16)20)8-12(10-22-11)19-26-17(2,3)18(4,5)27-19;1-8(12(18)15-2)6-17-7-16-11-4-3-9(14)5-10(11)13(17)19;1-7-11(4-8(13)6-16-7)17-20(18,19)12-3-2-9(15)5-10(12)14;1-4-6(9(10)11)2-5(7)3-8-4;1-4-6(8)2-5(7)3-9-4;7-5-3-4(9)1-2-6(5)12(8,10)11;6-3-1-4(9(10)11)5(7)8-2-3/h4-11,13-14,31H,12H2,1-3H3,(H,28,33);6-10,23H,1-5H3;3-5,7-8H,6H2,1-2H3,(H,15,18);2-6,17H,1H3;2-3H,1H3;2-3H,8H2,1H3;1-3H;1-2H,(H2,7,8). The summed E-state index contributed by atoms with van der Waals surface area (Å²) in [5.41, 5.74) is 16.1. The molecule has 56 heteroatoms. The van der Waals surface area contributed by atoms with Gasteiger partial charge in [0, 0.05) is 121 Å². The number of nitro groups is 2. The second kappa shape index (κ2) is 52.2. The first-order valence-corrected chi connectivity index (χ1v) is 54.2. The van der Waals surface area contributed by atoms with Crippen molar-refractivity contribution in [3.63, 3.8) is 0 Å². The predicted molar refractivity (Wildman–Crippen MR) is 574 cm³/mol. The van der Waals surface area contributed by atoms with E-state index in [0.717, 1.165) is 93.1 Å². The van der Waals surface area contributed by atoms with Crippen molar-refractivity contribution in [2.75, 3.05) is 39.7 Å². The summed E-state index contributed by atoms with van der Waals surface area (Å²) in [6.07, 6.45) is 12.2. The van der Waals surface area contributed by atoms with Crippen LogP contribution in [0.2, 0.25) is 20.1 Å². The van der Waals surface area contributed by atoms with E-state index in [-0.39, 0.29) is 104 Å². The molecule has 147 heavy (non-hydrogen) atoms. The Morgan fingerprint density at radius 1 is 0.442 bits per heavy atom. The zero-order valence-corrected chi connectivity index (χ0v) is 93.9. The number of halogens is 14. The van der Waals surface area contributed by atoms with Gasteiger partial charge in [-0.15, -0.1) is 0 Å². The Morgan fingerprint density at radius 2 is 0.796 bits per heavy atom. The minimum Gasteiger partial charge on any atom is -0.399 e. The fraction of sp³-hybridized carbons (Fsp3) is 0.209. The van der Waals surface area contributed by atoms with Crippen LogP contribution in [0.4, 0.5) is 57.5 Å². The van der Waals surface area contributed by atoms with E-state index in [9.17, 15) is 90.6 Å². The first kappa shape index (κ1) is 121. The van der Waals surface area contributed by atoms with Gasteiger partial charge in [0.15, 0.2) is 0 Å². The van der Waals surface area contributed by atoms with Crippen molar-refractivity contribution in [2.24, 2.45) is 11.8 Å². The summed E-state index contributed by atoms with van der Waals surface area (Å²) in [6, 6.07) is 31.9. The van der Waals surface area contributed by atoms with E-state index in [1.807, 2.05) is 46.8 Å². The molecule has 37 nitrogen and oxygen atoms in total. The fourth-order valence-electron chi connectivity index (χ4n) is 12.3. The third kappa shape index (κ3) is 33.8. The first-order valence-electron chi connectivity index (χ1n) is 42.0. The topological polar surface area (TPSA) is 535 Å². The number of hydrogen-bond donors (Lipinski definition) is 7. The third-order valence-electron chi connectivity index (χ3n) is 20.9. The van der Waals surface area contributed by atoms with E-state index in [4.69, 9.17) is 77.9 Å². The number of nitrogen functional groups attached to an aromatic ring is 2.